The van der Waals surface area contributed by atoms with Crippen molar-refractivity contribution in [1.82, 2.24) is 0 Å². The van der Waals surface area contributed by atoms with E-state index in [4.69, 9.17) is 0 Å². The van der Waals surface area contributed by atoms with E-state index < -0.39 is 0 Å². The van der Waals surface area contributed by atoms with Gasteiger partial charge in [0.2, 0.25) is 0 Å². The number of fused-ring (bicyclic) bond motifs is 5. The minimum absolute atomic E-state index is 1.11. The van der Waals surface area contributed by atoms with E-state index in [1.54, 1.807) is 0 Å². The van der Waals surface area contributed by atoms with Gasteiger partial charge in [0.15, 0.2) is 0 Å². The molecule has 0 aliphatic heterocycles. The third-order valence-electron chi connectivity index (χ3n) is 7.30. The van der Waals surface area contributed by atoms with Crippen LogP contribution >= 0.6 is 0 Å². The molecule has 0 spiro atoms. The SMILES string of the molecule is c1ccc(Nc2ccc3c(c2)=c2ccc4c5c(c6ccccc6c=3c25)=c2ccccc2=4)cc1. The van der Waals surface area contributed by atoms with E-state index in [0.717, 1.165) is 11.4 Å². The van der Waals surface area contributed by atoms with Gasteiger partial charge in [-0.1, -0.05) is 84.9 Å². The van der Waals surface area contributed by atoms with Crippen molar-refractivity contribution in [1.29, 1.82) is 0 Å². The number of anilines is 2. The lowest BCUT2D eigenvalue weighted by Gasteiger charge is -2.06. The summed E-state index contributed by atoms with van der Waals surface area (Å²) in [4.78, 5) is 0. The van der Waals surface area contributed by atoms with Gasteiger partial charge in [-0.3, -0.25) is 0 Å². The molecule has 1 heteroatoms. The quantitative estimate of drug-likeness (QED) is 0.287. The van der Waals surface area contributed by atoms with Gasteiger partial charge in [-0.25, -0.2) is 0 Å². The van der Waals surface area contributed by atoms with Crippen LogP contribution in [0.4, 0.5) is 11.4 Å². The lowest BCUT2D eigenvalue weighted by molar-refractivity contribution is 1.46. The van der Waals surface area contributed by atoms with Crippen LogP contribution in [0.5, 0.6) is 0 Å². The summed E-state index contributed by atoms with van der Waals surface area (Å²) in [7, 11) is 0. The van der Waals surface area contributed by atoms with Crippen molar-refractivity contribution in [2.24, 2.45) is 0 Å². The molecule has 6 aromatic carbocycles. The highest BCUT2D eigenvalue weighted by Crippen LogP contribution is 2.35. The molecule has 1 N–H and O–H groups in total. The molecular weight excluding hydrogens is 398 g/mol. The maximum atomic E-state index is 3.58. The van der Waals surface area contributed by atoms with Gasteiger partial charge in [0, 0.05) is 11.4 Å². The number of para-hydroxylation sites is 1. The Morgan fingerprint density at radius 3 is 1.64 bits per heavy atom. The van der Waals surface area contributed by atoms with Crippen LogP contribution in [0.3, 0.4) is 0 Å². The maximum Gasteiger partial charge on any atom is 0.0390 e. The molecule has 0 amide bonds. The minimum Gasteiger partial charge on any atom is -0.356 e. The summed E-state index contributed by atoms with van der Waals surface area (Å²) in [5.74, 6) is 0. The van der Waals surface area contributed by atoms with Crippen LogP contribution in [0, 0.1) is 41.7 Å². The fourth-order valence-corrected chi connectivity index (χ4v) is 6.01. The zero-order valence-corrected chi connectivity index (χ0v) is 17.9. The van der Waals surface area contributed by atoms with E-state index >= 15 is 0 Å². The van der Waals surface area contributed by atoms with Crippen LogP contribution in [0.2, 0.25) is 0 Å². The predicted molar refractivity (Wildman–Crippen MR) is 135 cm³/mol. The second-order valence-corrected chi connectivity index (χ2v) is 9.00. The van der Waals surface area contributed by atoms with Gasteiger partial charge in [0.1, 0.15) is 0 Å². The molecule has 0 aromatic heterocycles. The number of benzene rings is 6. The lowest BCUT2D eigenvalue weighted by atomic mass is 9.98. The summed E-state index contributed by atoms with van der Waals surface area (Å²) in [6, 6.07) is 39.7. The van der Waals surface area contributed by atoms with Crippen molar-refractivity contribution in [2.45, 2.75) is 0 Å². The smallest absolute Gasteiger partial charge is 0.0390 e. The minimum atomic E-state index is 1.11. The molecule has 0 saturated heterocycles. The highest BCUT2D eigenvalue weighted by atomic mass is 14.9. The molecule has 2 aliphatic rings. The summed E-state index contributed by atoms with van der Waals surface area (Å²) >= 11 is 0. The van der Waals surface area contributed by atoms with E-state index in [9.17, 15) is 0 Å². The van der Waals surface area contributed by atoms with Crippen LogP contribution in [0.1, 0.15) is 0 Å². The van der Waals surface area contributed by atoms with Crippen molar-refractivity contribution >= 4 is 32.9 Å². The van der Waals surface area contributed by atoms with Gasteiger partial charge < -0.3 is 5.32 Å². The Balaban J connectivity index is 1.64. The number of rotatable bonds is 2. The fraction of sp³-hybridized carbons (Fsp3) is 0. The van der Waals surface area contributed by atoms with E-state index in [1.807, 2.05) is 6.07 Å². The standard InChI is InChI=1S/C32H19N/c1-2-8-19(9-3-1)33-20-14-15-26-28(18-20)27-17-16-25-21-10-4-5-11-22(21)29-23-12-6-7-13-24(23)30(26)32(27)31(25)29/h1-18,33H. The average molecular weight is 418 g/mol. The van der Waals surface area contributed by atoms with Crippen LogP contribution in [-0.2, 0) is 0 Å². The first-order chi connectivity index (χ1) is 16.4. The first-order valence-corrected chi connectivity index (χ1v) is 11.5. The van der Waals surface area contributed by atoms with Crippen molar-refractivity contribution in [3.63, 3.8) is 0 Å². The summed E-state index contributed by atoms with van der Waals surface area (Å²) in [5.41, 5.74) is 2.22. The third-order valence-corrected chi connectivity index (χ3v) is 7.30. The summed E-state index contributed by atoms with van der Waals surface area (Å²) in [5, 5.41) is 19.9. The van der Waals surface area contributed by atoms with Gasteiger partial charge >= 0.3 is 0 Å². The van der Waals surface area contributed by atoms with E-state index in [0.29, 0.717) is 0 Å². The Morgan fingerprint density at radius 1 is 0.364 bits per heavy atom. The molecule has 0 unspecified atom stereocenters. The lowest BCUT2D eigenvalue weighted by Crippen LogP contribution is -1.89. The molecule has 8 rings (SSSR count). The molecule has 0 heterocycles. The Kier molecular flexibility index (Phi) is 3.19. The molecular formula is C32H19N. The highest BCUT2D eigenvalue weighted by Gasteiger charge is 2.16. The molecule has 33 heavy (non-hydrogen) atoms. The molecule has 0 radical (unpaired) electrons. The van der Waals surface area contributed by atoms with Crippen LogP contribution in [0.25, 0.3) is 21.5 Å². The average Bonchev–Trinajstić information content (AvgIpc) is 3.38. The molecule has 2 aliphatic carbocycles. The molecule has 6 aromatic rings. The topological polar surface area (TPSA) is 12.0 Å². The Morgan fingerprint density at radius 2 is 0.909 bits per heavy atom. The van der Waals surface area contributed by atoms with E-state index in [2.05, 4.69) is 108 Å². The van der Waals surface area contributed by atoms with E-state index in [1.165, 1.54) is 63.3 Å². The second kappa shape index (κ2) is 6.11. The second-order valence-electron chi connectivity index (χ2n) is 9.00. The van der Waals surface area contributed by atoms with Gasteiger partial charge in [-0.05, 0) is 87.6 Å². The van der Waals surface area contributed by atoms with Gasteiger partial charge in [-0.15, -0.1) is 0 Å². The van der Waals surface area contributed by atoms with Crippen LogP contribution in [-0.4, -0.2) is 0 Å². The number of nitrogens with one attached hydrogen (secondary N) is 1. The third kappa shape index (κ3) is 2.16. The van der Waals surface area contributed by atoms with Gasteiger partial charge in [0.05, 0.1) is 0 Å². The highest BCUT2D eigenvalue weighted by molar-refractivity contribution is 6.02. The fourth-order valence-electron chi connectivity index (χ4n) is 6.01. The number of hydrogen-bond acceptors (Lipinski definition) is 1. The molecule has 0 bridgehead atoms. The molecule has 1 nitrogen and oxygen atoms in total. The largest absolute Gasteiger partial charge is 0.356 e. The monoisotopic (exact) mass is 417 g/mol. The molecule has 0 fully saturated rings. The Bertz CT molecular complexity index is 2200. The zero-order valence-electron chi connectivity index (χ0n) is 17.9. The maximum absolute atomic E-state index is 3.58. The molecule has 0 saturated carbocycles. The van der Waals surface area contributed by atoms with Gasteiger partial charge in [0.25, 0.3) is 0 Å². The van der Waals surface area contributed by atoms with Crippen molar-refractivity contribution < 1.29 is 0 Å². The summed E-state index contributed by atoms with van der Waals surface area (Å²) in [6.45, 7) is 0. The van der Waals surface area contributed by atoms with Crippen molar-refractivity contribution in [3.8, 4) is 0 Å². The summed E-state index contributed by atoms with van der Waals surface area (Å²) < 4.78 is 0. The van der Waals surface area contributed by atoms with Crippen molar-refractivity contribution in [2.75, 3.05) is 5.32 Å². The van der Waals surface area contributed by atoms with Crippen LogP contribution in [0.15, 0.2) is 109 Å². The number of hydrogen-bond donors (Lipinski definition) is 1. The predicted octanol–water partition coefficient (Wildman–Crippen LogP) is 7.51. The molecule has 0 atom stereocenters. The van der Waals surface area contributed by atoms with Crippen LogP contribution < -0.4 is 5.32 Å². The van der Waals surface area contributed by atoms with Gasteiger partial charge in [-0.2, -0.15) is 0 Å². The zero-order chi connectivity index (χ0) is 21.5. The normalized spacial score (nSPS) is 12.2. The van der Waals surface area contributed by atoms with E-state index in [-0.39, 0.29) is 0 Å². The first kappa shape index (κ1) is 17.2. The summed E-state index contributed by atoms with van der Waals surface area (Å²) in [6.07, 6.45) is 0. The molecule has 152 valence electrons. The Labute approximate surface area is 189 Å². The van der Waals surface area contributed by atoms with Crippen molar-refractivity contribution in [3.05, 3.63) is 151 Å². The Hall–Kier alpha value is -4.36. The first-order valence-electron chi connectivity index (χ1n) is 11.5.